The summed E-state index contributed by atoms with van der Waals surface area (Å²) in [6.07, 6.45) is 4.93. The molecule has 0 amide bonds. The van der Waals surface area contributed by atoms with Crippen LogP contribution in [0.25, 0.3) is 0 Å². The molecule has 15 heavy (non-hydrogen) atoms. The molecule has 0 bridgehead atoms. The summed E-state index contributed by atoms with van der Waals surface area (Å²) in [4.78, 5) is 8.13. The molecular formula is C10H17N3OS. The normalized spacial score (nSPS) is 16.0. The van der Waals surface area contributed by atoms with Gasteiger partial charge in [0.25, 0.3) is 0 Å². The fourth-order valence-corrected chi connectivity index (χ4v) is 1.73. The van der Waals surface area contributed by atoms with Crippen LogP contribution in [0, 0.1) is 0 Å². The molecule has 0 saturated heterocycles. The second-order valence-corrected chi connectivity index (χ2v) is 6.35. The Hall–Kier alpha value is -0.810. The molecule has 0 aliphatic rings. The molecule has 1 aromatic rings. The second kappa shape index (κ2) is 4.81. The van der Waals surface area contributed by atoms with E-state index in [1.54, 1.807) is 18.6 Å². The molecular weight excluding hydrogens is 210 g/mol. The van der Waals surface area contributed by atoms with Gasteiger partial charge in [0, 0.05) is 18.6 Å². The Morgan fingerprint density at radius 1 is 1.40 bits per heavy atom. The van der Waals surface area contributed by atoms with Gasteiger partial charge in [-0.25, -0.2) is 8.93 Å². The molecule has 0 aromatic carbocycles. The zero-order chi connectivity index (χ0) is 11.5. The molecule has 2 atom stereocenters. The molecule has 0 spiro atoms. The molecule has 0 saturated carbocycles. The molecule has 1 heterocycles. The van der Waals surface area contributed by atoms with Gasteiger partial charge < -0.3 is 0 Å². The van der Waals surface area contributed by atoms with Gasteiger partial charge in [-0.15, -0.1) is 0 Å². The molecule has 1 N–H and O–H groups in total. The smallest absolute Gasteiger partial charge is 0.0976 e. The Kier molecular flexibility index (Phi) is 3.93. The second-order valence-electron chi connectivity index (χ2n) is 4.35. The Bertz CT molecular complexity index is 334. The van der Waals surface area contributed by atoms with Gasteiger partial charge in [-0.2, -0.15) is 0 Å². The molecule has 0 aliphatic carbocycles. The number of rotatable bonds is 3. The molecule has 1 rings (SSSR count). The number of nitrogens with one attached hydrogen (secondary N) is 1. The zero-order valence-corrected chi connectivity index (χ0v) is 10.3. The topological polar surface area (TPSA) is 54.9 Å². The lowest BCUT2D eigenvalue weighted by atomic mass is 10.3. The van der Waals surface area contributed by atoms with Gasteiger partial charge >= 0.3 is 0 Å². The van der Waals surface area contributed by atoms with Crippen LogP contribution in [-0.4, -0.2) is 18.9 Å². The molecule has 84 valence electrons. The summed E-state index contributed by atoms with van der Waals surface area (Å²) in [5.74, 6) is 0. The largest absolute Gasteiger partial charge is 0.261 e. The Labute approximate surface area is 93.1 Å². The summed E-state index contributed by atoms with van der Waals surface area (Å²) in [5.41, 5.74) is 0.801. The first-order valence-corrected chi connectivity index (χ1v) is 6.00. The van der Waals surface area contributed by atoms with Gasteiger partial charge in [0.1, 0.15) is 0 Å². The third-order valence-electron chi connectivity index (χ3n) is 1.87. The first kappa shape index (κ1) is 12.3. The van der Waals surface area contributed by atoms with Crippen LogP contribution in [0.15, 0.2) is 18.6 Å². The highest BCUT2D eigenvalue weighted by Crippen LogP contribution is 2.14. The molecule has 0 aliphatic heterocycles. The molecule has 0 radical (unpaired) electrons. The van der Waals surface area contributed by atoms with Crippen LogP contribution in [0.1, 0.15) is 39.4 Å². The predicted octanol–water partition coefficient (Wildman–Crippen LogP) is 1.59. The van der Waals surface area contributed by atoms with Crippen LogP contribution in [0.5, 0.6) is 0 Å². The average Bonchev–Trinajstić information content (AvgIpc) is 2.17. The van der Waals surface area contributed by atoms with Gasteiger partial charge in [-0.1, -0.05) is 0 Å². The van der Waals surface area contributed by atoms with E-state index in [-0.39, 0.29) is 10.8 Å². The van der Waals surface area contributed by atoms with Gasteiger partial charge in [-0.3, -0.25) is 9.97 Å². The van der Waals surface area contributed by atoms with Crippen molar-refractivity contribution in [2.75, 3.05) is 0 Å². The third-order valence-corrected chi connectivity index (χ3v) is 3.55. The molecule has 0 fully saturated rings. The number of hydrogen-bond donors (Lipinski definition) is 1. The fourth-order valence-electron chi connectivity index (χ4n) is 0.932. The molecule has 1 aromatic heterocycles. The highest BCUT2D eigenvalue weighted by Gasteiger charge is 2.21. The first-order valence-electron chi connectivity index (χ1n) is 4.85. The van der Waals surface area contributed by atoms with Crippen LogP contribution < -0.4 is 4.72 Å². The maximum Gasteiger partial charge on any atom is 0.0976 e. The van der Waals surface area contributed by atoms with Crippen molar-refractivity contribution in [3.8, 4) is 0 Å². The van der Waals surface area contributed by atoms with E-state index >= 15 is 0 Å². The summed E-state index contributed by atoms with van der Waals surface area (Å²) < 4.78 is 14.5. The predicted molar refractivity (Wildman–Crippen MR) is 61.5 cm³/mol. The van der Waals surface area contributed by atoms with Crippen LogP contribution in [0.3, 0.4) is 0 Å². The van der Waals surface area contributed by atoms with E-state index in [1.807, 2.05) is 27.7 Å². The number of nitrogens with zero attached hydrogens (tertiary/aromatic N) is 2. The van der Waals surface area contributed by atoms with E-state index in [9.17, 15) is 4.21 Å². The summed E-state index contributed by atoms with van der Waals surface area (Å²) >= 11 is 0. The monoisotopic (exact) mass is 227 g/mol. The quantitative estimate of drug-likeness (QED) is 0.853. The van der Waals surface area contributed by atoms with Crippen molar-refractivity contribution in [2.45, 2.75) is 38.5 Å². The summed E-state index contributed by atoms with van der Waals surface area (Å²) in [6.45, 7) is 7.71. The molecule has 1 unspecified atom stereocenters. The van der Waals surface area contributed by atoms with Gasteiger partial charge in [-0.05, 0) is 27.7 Å². The number of aromatic nitrogens is 2. The van der Waals surface area contributed by atoms with Crippen molar-refractivity contribution >= 4 is 11.0 Å². The van der Waals surface area contributed by atoms with Crippen molar-refractivity contribution in [1.29, 1.82) is 0 Å². The van der Waals surface area contributed by atoms with Crippen molar-refractivity contribution in [1.82, 2.24) is 14.7 Å². The lowest BCUT2D eigenvalue weighted by Crippen LogP contribution is -2.35. The number of hydrogen-bond acceptors (Lipinski definition) is 3. The fraction of sp³-hybridized carbons (Fsp3) is 0.600. The van der Waals surface area contributed by atoms with E-state index < -0.39 is 11.0 Å². The van der Waals surface area contributed by atoms with E-state index in [4.69, 9.17) is 0 Å². The van der Waals surface area contributed by atoms with E-state index in [2.05, 4.69) is 14.7 Å². The van der Waals surface area contributed by atoms with Gasteiger partial charge in [0.2, 0.25) is 0 Å². The summed E-state index contributed by atoms with van der Waals surface area (Å²) in [7, 11) is -1.09. The zero-order valence-electron chi connectivity index (χ0n) is 9.52. The Balaban J connectivity index is 2.65. The maximum atomic E-state index is 11.8. The summed E-state index contributed by atoms with van der Waals surface area (Å²) in [5, 5.41) is 0. The minimum absolute atomic E-state index is 0.0567. The van der Waals surface area contributed by atoms with Crippen LogP contribution in [0.2, 0.25) is 0 Å². The maximum absolute atomic E-state index is 11.8. The van der Waals surface area contributed by atoms with Gasteiger partial charge in [0.15, 0.2) is 0 Å². The molecule has 4 nitrogen and oxygen atoms in total. The standard InChI is InChI=1S/C10H17N3OS/c1-8(9-7-11-5-6-12-9)13-15(14)10(2,3)4/h5-8,13H,1-4H3/t8-,15?/m1/s1. The van der Waals surface area contributed by atoms with E-state index in [0.29, 0.717) is 0 Å². The van der Waals surface area contributed by atoms with E-state index in [1.165, 1.54) is 0 Å². The summed E-state index contributed by atoms with van der Waals surface area (Å²) in [6, 6.07) is -0.0567. The van der Waals surface area contributed by atoms with Crippen LogP contribution in [0.4, 0.5) is 0 Å². The highest BCUT2D eigenvalue weighted by atomic mass is 32.2. The van der Waals surface area contributed by atoms with Crippen LogP contribution >= 0.6 is 0 Å². The lowest BCUT2D eigenvalue weighted by Gasteiger charge is -2.21. The van der Waals surface area contributed by atoms with Crippen molar-refractivity contribution in [2.24, 2.45) is 0 Å². The third kappa shape index (κ3) is 3.68. The Morgan fingerprint density at radius 3 is 2.53 bits per heavy atom. The van der Waals surface area contributed by atoms with Gasteiger partial charge in [0.05, 0.1) is 27.5 Å². The lowest BCUT2D eigenvalue weighted by molar-refractivity contribution is 0.610. The highest BCUT2D eigenvalue weighted by molar-refractivity contribution is 7.84. The average molecular weight is 227 g/mol. The van der Waals surface area contributed by atoms with Crippen molar-refractivity contribution in [3.63, 3.8) is 0 Å². The minimum atomic E-state index is -1.09. The van der Waals surface area contributed by atoms with Crippen LogP contribution in [-0.2, 0) is 11.0 Å². The van der Waals surface area contributed by atoms with Crippen molar-refractivity contribution in [3.05, 3.63) is 24.3 Å². The van der Waals surface area contributed by atoms with E-state index in [0.717, 1.165) is 5.69 Å². The van der Waals surface area contributed by atoms with Crippen molar-refractivity contribution < 1.29 is 4.21 Å². The first-order chi connectivity index (χ1) is 6.91. The molecule has 5 heteroatoms. The SMILES string of the molecule is C[C@@H](NS(=O)C(C)(C)C)c1cnccn1. The minimum Gasteiger partial charge on any atom is -0.261 e. The Morgan fingerprint density at radius 2 is 2.07 bits per heavy atom.